The van der Waals surface area contributed by atoms with Crippen LogP contribution in [0.1, 0.15) is 37.3 Å². The molecule has 3 rings (SSSR count). The number of halogens is 2. The van der Waals surface area contributed by atoms with Crippen molar-refractivity contribution < 1.29 is 9.50 Å². The van der Waals surface area contributed by atoms with Gasteiger partial charge < -0.3 is 10.4 Å². The molecule has 1 aliphatic carbocycles. The summed E-state index contributed by atoms with van der Waals surface area (Å²) < 4.78 is 13.6. The highest BCUT2D eigenvalue weighted by molar-refractivity contribution is 5.85. The van der Waals surface area contributed by atoms with Crippen LogP contribution in [0.4, 0.5) is 4.39 Å². The van der Waals surface area contributed by atoms with E-state index in [1.807, 2.05) is 0 Å². The fourth-order valence-corrected chi connectivity index (χ4v) is 3.74. The van der Waals surface area contributed by atoms with Crippen LogP contribution in [0.2, 0.25) is 0 Å². The average molecular weight is 315 g/mol. The van der Waals surface area contributed by atoms with Crippen molar-refractivity contribution in [2.75, 3.05) is 26.2 Å². The standard InChI is InChI=1S/C16H23FN2O.ClH/c17-13-5-6-15(20)14(11-13)16(12-3-1-2-4-12)19-9-7-18-8-10-19;/h5-6,11-12,16,18,20H,1-4,7-10H2;1H/t16-;/m0./s1. The van der Waals surface area contributed by atoms with E-state index in [9.17, 15) is 9.50 Å². The molecule has 118 valence electrons. The third kappa shape index (κ3) is 3.68. The number of rotatable bonds is 3. The summed E-state index contributed by atoms with van der Waals surface area (Å²) in [6.07, 6.45) is 4.88. The number of nitrogens with one attached hydrogen (secondary N) is 1. The van der Waals surface area contributed by atoms with Gasteiger partial charge in [0.25, 0.3) is 0 Å². The highest BCUT2D eigenvalue weighted by atomic mass is 35.5. The Balaban J connectivity index is 0.00000161. The van der Waals surface area contributed by atoms with Crippen molar-refractivity contribution in [2.24, 2.45) is 5.92 Å². The number of benzene rings is 1. The molecule has 1 saturated heterocycles. The molecule has 2 N–H and O–H groups in total. The van der Waals surface area contributed by atoms with E-state index in [0.717, 1.165) is 31.7 Å². The van der Waals surface area contributed by atoms with Crippen LogP contribution in [0.5, 0.6) is 5.75 Å². The number of phenolic OH excluding ortho intramolecular Hbond substituents is 1. The molecule has 0 bridgehead atoms. The number of hydrogen-bond acceptors (Lipinski definition) is 3. The monoisotopic (exact) mass is 314 g/mol. The molecule has 0 spiro atoms. The molecule has 3 nitrogen and oxygen atoms in total. The zero-order valence-corrected chi connectivity index (χ0v) is 13.0. The van der Waals surface area contributed by atoms with Gasteiger partial charge in [0.15, 0.2) is 0 Å². The van der Waals surface area contributed by atoms with E-state index in [1.54, 1.807) is 0 Å². The van der Waals surface area contributed by atoms with Crippen molar-refractivity contribution in [1.82, 2.24) is 10.2 Å². The van der Waals surface area contributed by atoms with E-state index >= 15 is 0 Å². The lowest BCUT2D eigenvalue weighted by molar-refractivity contribution is 0.123. The third-order valence-corrected chi connectivity index (χ3v) is 4.70. The number of hydrogen-bond donors (Lipinski definition) is 2. The van der Waals surface area contributed by atoms with Crippen LogP contribution in [0, 0.1) is 11.7 Å². The maximum Gasteiger partial charge on any atom is 0.123 e. The molecule has 2 aliphatic rings. The van der Waals surface area contributed by atoms with Crippen LogP contribution in [0.3, 0.4) is 0 Å². The maximum atomic E-state index is 13.6. The van der Waals surface area contributed by atoms with Crippen molar-refractivity contribution >= 4 is 12.4 Å². The van der Waals surface area contributed by atoms with Crippen LogP contribution in [0.15, 0.2) is 18.2 Å². The molecule has 0 aromatic heterocycles. The van der Waals surface area contributed by atoms with Gasteiger partial charge in [-0.2, -0.15) is 0 Å². The molecule has 1 aromatic rings. The van der Waals surface area contributed by atoms with Crippen LogP contribution < -0.4 is 5.32 Å². The van der Waals surface area contributed by atoms with Gasteiger partial charge in [-0.05, 0) is 37.0 Å². The Labute approximate surface area is 131 Å². The summed E-state index contributed by atoms with van der Waals surface area (Å²) in [5.74, 6) is 0.526. The molecule has 0 radical (unpaired) electrons. The Hall–Kier alpha value is -0.840. The lowest BCUT2D eigenvalue weighted by atomic mass is 9.89. The van der Waals surface area contributed by atoms with E-state index in [1.165, 1.54) is 43.9 Å². The third-order valence-electron chi connectivity index (χ3n) is 4.70. The van der Waals surface area contributed by atoms with Gasteiger partial charge in [-0.3, -0.25) is 4.90 Å². The zero-order chi connectivity index (χ0) is 13.9. The van der Waals surface area contributed by atoms with Gasteiger partial charge in [-0.25, -0.2) is 4.39 Å². The second kappa shape index (κ2) is 7.43. The summed E-state index contributed by atoms with van der Waals surface area (Å²) in [5.41, 5.74) is 0.777. The van der Waals surface area contributed by atoms with Crippen molar-refractivity contribution in [3.63, 3.8) is 0 Å². The number of nitrogens with zero attached hydrogens (tertiary/aromatic N) is 1. The first-order valence-electron chi connectivity index (χ1n) is 7.69. The fourth-order valence-electron chi connectivity index (χ4n) is 3.74. The van der Waals surface area contributed by atoms with Crippen molar-refractivity contribution in [2.45, 2.75) is 31.7 Å². The Morgan fingerprint density at radius 2 is 1.86 bits per heavy atom. The average Bonchev–Trinajstić information content (AvgIpc) is 2.98. The molecule has 21 heavy (non-hydrogen) atoms. The number of aromatic hydroxyl groups is 1. The molecule has 5 heteroatoms. The Morgan fingerprint density at radius 3 is 2.52 bits per heavy atom. The van der Waals surface area contributed by atoms with Gasteiger partial charge in [0.05, 0.1) is 0 Å². The zero-order valence-electron chi connectivity index (χ0n) is 12.2. The van der Waals surface area contributed by atoms with E-state index < -0.39 is 0 Å². The van der Waals surface area contributed by atoms with Crippen LogP contribution >= 0.6 is 12.4 Å². The molecule has 0 unspecified atom stereocenters. The van der Waals surface area contributed by atoms with Crippen molar-refractivity contribution in [1.29, 1.82) is 0 Å². The molecule has 1 heterocycles. The minimum absolute atomic E-state index is 0. The summed E-state index contributed by atoms with van der Waals surface area (Å²) in [4.78, 5) is 2.42. The number of phenols is 1. The fraction of sp³-hybridized carbons (Fsp3) is 0.625. The van der Waals surface area contributed by atoms with Crippen molar-refractivity contribution in [3.8, 4) is 5.75 Å². The van der Waals surface area contributed by atoms with E-state index in [4.69, 9.17) is 0 Å². The Bertz CT molecular complexity index is 460. The predicted octanol–water partition coefficient (Wildman–Crippen LogP) is 3.09. The predicted molar refractivity (Wildman–Crippen MR) is 84.5 cm³/mol. The van der Waals surface area contributed by atoms with Crippen molar-refractivity contribution in [3.05, 3.63) is 29.6 Å². The molecule has 0 amide bonds. The highest BCUT2D eigenvalue weighted by Gasteiger charge is 2.33. The molecular formula is C16H24ClFN2O. The number of piperazine rings is 1. The van der Waals surface area contributed by atoms with Gasteiger partial charge in [0.1, 0.15) is 11.6 Å². The second-order valence-electron chi connectivity index (χ2n) is 5.98. The molecule has 1 aromatic carbocycles. The summed E-state index contributed by atoms with van der Waals surface area (Å²) >= 11 is 0. The molecule has 1 saturated carbocycles. The van der Waals surface area contributed by atoms with Crippen LogP contribution in [0.25, 0.3) is 0 Å². The van der Waals surface area contributed by atoms with Crippen LogP contribution in [-0.4, -0.2) is 36.2 Å². The minimum atomic E-state index is -0.254. The minimum Gasteiger partial charge on any atom is -0.508 e. The van der Waals surface area contributed by atoms with E-state index in [0.29, 0.717) is 5.92 Å². The summed E-state index contributed by atoms with van der Waals surface area (Å²) in [6.45, 7) is 3.88. The first-order valence-corrected chi connectivity index (χ1v) is 7.69. The van der Waals surface area contributed by atoms with Gasteiger partial charge in [-0.1, -0.05) is 12.8 Å². The molecular weight excluding hydrogens is 291 g/mol. The van der Waals surface area contributed by atoms with Gasteiger partial charge >= 0.3 is 0 Å². The van der Waals surface area contributed by atoms with E-state index in [-0.39, 0.29) is 30.0 Å². The topological polar surface area (TPSA) is 35.5 Å². The van der Waals surface area contributed by atoms with E-state index in [2.05, 4.69) is 10.2 Å². The second-order valence-corrected chi connectivity index (χ2v) is 5.98. The summed E-state index contributed by atoms with van der Waals surface area (Å²) in [7, 11) is 0. The first-order chi connectivity index (χ1) is 9.75. The first kappa shape index (κ1) is 16.5. The van der Waals surface area contributed by atoms with Crippen LogP contribution in [-0.2, 0) is 0 Å². The summed E-state index contributed by atoms with van der Waals surface area (Å²) in [6, 6.07) is 4.52. The normalized spacial score (nSPS) is 22.0. The van der Waals surface area contributed by atoms with Gasteiger partial charge in [0.2, 0.25) is 0 Å². The SMILES string of the molecule is Cl.Oc1ccc(F)cc1[C@H](C1CCCC1)N1CCNCC1. The Morgan fingerprint density at radius 1 is 1.19 bits per heavy atom. The van der Waals surface area contributed by atoms with Gasteiger partial charge in [0, 0.05) is 37.8 Å². The summed E-state index contributed by atoms with van der Waals surface area (Å²) in [5, 5.41) is 13.5. The molecule has 1 atom stereocenters. The quantitative estimate of drug-likeness (QED) is 0.900. The largest absolute Gasteiger partial charge is 0.508 e. The maximum absolute atomic E-state index is 13.6. The Kier molecular flexibility index (Phi) is 5.85. The lowest BCUT2D eigenvalue weighted by Crippen LogP contribution is -2.46. The molecule has 2 fully saturated rings. The lowest BCUT2D eigenvalue weighted by Gasteiger charge is -2.38. The van der Waals surface area contributed by atoms with Gasteiger partial charge in [-0.15, -0.1) is 12.4 Å². The molecule has 1 aliphatic heterocycles. The highest BCUT2D eigenvalue weighted by Crippen LogP contribution is 2.42. The smallest absolute Gasteiger partial charge is 0.123 e.